The number of hydrogen-bond acceptors (Lipinski definition) is 6. The van der Waals surface area contributed by atoms with Crippen LogP contribution in [0.3, 0.4) is 0 Å². The Morgan fingerprint density at radius 1 is 0.838 bits per heavy atom. The quantitative estimate of drug-likeness (QED) is 0.286. The van der Waals surface area contributed by atoms with Gasteiger partial charge in [-0.3, -0.25) is 9.69 Å². The van der Waals surface area contributed by atoms with Crippen molar-refractivity contribution in [3.63, 3.8) is 0 Å². The summed E-state index contributed by atoms with van der Waals surface area (Å²) in [5, 5.41) is 4.57. The van der Waals surface area contributed by atoms with E-state index in [0.29, 0.717) is 6.61 Å². The van der Waals surface area contributed by atoms with Gasteiger partial charge in [0.2, 0.25) is 0 Å². The first-order valence-corrected chi connectivity index (χ1v) is 13.7. The second-order valence-electron chi connectivity index (χ2n) is 9.03. The van der Waals surface area contributed by atoms with E-state index in [4.69, 9.17) is 4.74 Å². The van der Waals surface area contributed by atoms with E-state index in [1.807, 2.05) is 73.8 Å². The molecule has 4 aromatic rings. The molecule has 190 valence electrons. The highest BCUT2D eigenvalue weighted by Crippen LogP contribution is 2.30. The van der Waals surface area contributed by atoms with Crippen LogP contribution in [0.2, 0.25) is 0 Å². The van der Waals surface area contributed by atoms with Gasteiger partial charge in [-0.2, -0.15) is 9.78 Å². The van der Waals surface area contributed by atoms with Gasteiger partial charge in [0, 0.05) is 38.5 Å². The third-order valence-corrected chi connectivity index (χ3v) is 7.65. The number of piperazine rings is 1. The molecule has 37 heavy (non-hydrogen) atoms. The first-order valence-electron chi connectivity index (χ1n) is 12.7. The molecule has 6 nitrogen and oxygen atoms in total. The Morgan fingerprint density at radius 2 is 1.51 bits per heavy atom. The molecule has 1 aromatic heterocycles. The second kappa shape index (κ2) is 12.1. The molecular formula is C30H32N4O2S. The summed E-state index contributed by atoms with van der Waals surface area (Å²) in [5.74, 6) is 1.65. The van der Waals surface area contributed by atoms with Gasteiger partial charge in [-0.25, -0.2) is 0 Å². The zero-order chi connectivity index (χ0) is 25.5. The number of nitrogens with zero attached hydrogens (tertiary/aromatic N) is 4. The normalized spacial score (nSPS) is 14.0. The highest BCUT2D eigenvalue weighted by atomic mass is 32.2. The van der Waals surface area contributed by atoms with Gasteiger partial charge in [0.15, 0.2) is 0 Å². The molecule has 0 aliphatic carbocycles. The van der Waals surface area contributed by atoms with Crippen LogP contribution in [0.15, 0.2) is 101 Å². The molecule has 1 aliphatic rings. The molecule has 1 aliphatic heterocycles. The molecule has 0 saturated carbocycles. The molecule has 1 saturated heterocycles. The van der Waals surface area contributed by atoms with E-state index in [-0.39, 0.29) is 5.56 Å². The Hall–Kier alpha value is -3.55. The molecule has 0 unspecified atom stereocenters. The zero-order valence-corrected chi connectivity index (χ0v) is 21.9. The lowest BCUT2D eigenvalue weighted by atomic mass is 10.2. The number of rotatable bonds is 9. The van der Waals surface area contributed by atoms with E-state index in [2.05, 4.69) is 39.2 Å². The predicted octanol–water partition coefficient (Wildman–Crippen LogP) is 5.25. The van der Waals surface area contributed by atoms with Crippen LogP contribution in [0.4, 0.5) is 5.69 Å². The minimum absolute atomic E-state index is 0.0681. The van der Waals surface area contributed by atoms with Gasteiger partial charge in [-0.05, 0) is 42.3 Å². The molecule has 2 heterocycles. The van der Waals surface area contributed by atoms with Gasteiger partial charge < -0.3 is 9.64 Å². The number of para-hydroxylation sites is 1. The van der Waals surface area contributed by atoms with Crippen LogP contribution in [-0.2, 0) is 12.3 Å². The lowest BCUT2D eigenvalue weighted by molar-refractivity contribution is 0.249. The van der Waals surface area contributed by atoms with E-state index < -0.39 is 0 Å². The van der Waals surface area contributed by atoms with Gasteiger partial charge >= 0.3 is 0 Å². The van der Waals surface area contributed by atoms with Crippen molar-refractivity contribution in [1.82, 2.24) is 14.7 Å². The van der Waals surface area contributed by atoms with Gasteiger partial charge in [-0.15, -0.1) is 11.8 Å². The molecule has 7 heteroatoms. The number of hydrogen-bond donors (Lipinski definition) is 0. The van der Waals surface area contributed by atoms with E-state index in [9.17, 15) is 4.79 Å². The Balaban J connectivity index is 1.33. The molecule has 5 rings (SSSR count). The largest absolute Gasteiger partial charge is 0.494 e. The monoisotopic (exact) mass is 512 g/mol. The first-order chi connectivity index (χ1) is 18.2. The maximum atomic E-state index is 13.7. The van der Waals surface area contributed by atoms with Crippen LogP contribution in [0.25, 0.3) is 5.69 Å². The van der Waals surface area contributed by atoms with Crippen LogP contribution in [0, 0.1) is 0 Å². The summed E-state index contributed by atoms with van der Waals surface area (Å²) >= 11 is 1.60. The number of thioether (sulfide) groups is 1. The smallest absolute Gasteiger partial charge is 0.287 e. The van der Waals surface area contributed by atoms with E-state index in [0.717, 1.165) is 60.5 Å². The lowest BCUT2D eigenvalue weighted by Crippen LogP contribution is -2.46. The van der Waals surface area contributed by atoms with Gasteiger partial charge in [0.05, 0.1) is 24.2 Å². The molecule has 0 N–H and O–H groups in total. The van der Waals surface area contributed by atoms with Crippen LogP contribution in [0.5, 0.6) is 5.75 Å². The summed E-state index contributed by atoms with van der Waals surface area (Å²) in [6.45, 7) is 7.15. The van der Waals surface area contributed by atoms with Crippen molar-refractivity contribution in [3.8, 4) is 11.4 Å². The second-order valence-corrected chi connectivity index (χ2v) is 10.0. The summed E-state index contributed by atoms with van der Waals surface area (Å²) < 4.78 is 7.08. The molecule has 3 aromatic carbocycles. The molecule has 1 fully saturated rings. The average Bonchev–Trinajstić information content (AvgIpc) is 2.95. The molecule has 0 radical (unpaired) electrons. The third-order valence-electron chi connectivity index (χ3n) is 6.50. The van der Waals surface area contributed by atoms with Crippen molar-refractivity contribution >= 4 is 17.4 Å². The molecule has 0 amide bonds. The Bertz CT molecular complexity index is 1340. The topological polar surface area (TPSA) is 50.6 Å². The SMILES string of the molecule is CCOc1ccc(CN2CCN(c3cnn(-c4ccccc4)c(=O)c3SCc3ccccc3)CC2)cc1. The minimum atomic E-state index is -0.0681. The van der Waals surface area contributed by atoms with Crippen molar-refractivity contribution in [2.24, 2.45) is 0 Å². The number of aromatic nitrogens is 2. The Morgan fingerprint density at radius 3 is 2.19 bits per heavy atom. The number of benzene rings is 3. The van der Waals surface area contributed by atoms with Crippen molar-refractivity contribution in [3.05, 3.63) is 113 Å². The Kier molecular flexibility index (Phi) is 8.23. The highest BCUT2D eigenvalue weighted by molar-refractivity contribution is 7.98. The molecule has 0 bridgehead atoms. The molecular weight excluding hydrogens is 480 g/mol. The summed E-state index contributed by atoms with van der Waals surface area (Å²) in [7, 11) is 0. The van der Waals surface area contributed by atoms with Gasteiger partial charge in [0.1, 0.15) is 10.6 Å². The fourth-order valence-electron chi connectivity index (χ4n) is 4.54. The summed E-state index contributed by atoms with van der Waals surface area (Å²) in [6, 6.07) is 28.3. The van der Waals surface area contributed by atoms with Crippen molar-refractivity contribution in [2.75, 3.05) is 37.7 Å². The fraction of sp³-hybridized carbons (Fsp3) is 0.267. The van der Waals surface area contributed by atoms with Crippen molar-refractivity contribution in [1.29, 1.82) is 0 Å². The summed E-state index contributed by atoms with van der Waals surface area (Å²) in [5.41, 5.74) is 4.12. The maximum absolute atomic E-state index is 13.7. The maximum Gasteiger partial charge on any atom is 0.287 e. The standard InChI is InChI=1S/C30H32N4O2S/c1-2-36-27-15-13-24(14-16-27)22-32-17-19-33(20-18-32)28-21-31-34(26-11-7-4-8-12-26)30(35)29(28)37-23-25-9-5-3-6-10-25/h3-16,21H,2,17-20,22-23H2,1H3. The highest BCUT2D eigenvalue weighted by Gasteiger charge is 2.23. The third kappa shape index (κ3) is 6.24. The fourth-order valence-corrected chi connectivity index (χ4v) is 5.58. The average molecular weight is 513 g/mol. The minimum Gasteiger partial charge on any atom is -0.494 e. The number of ether oxygens (including phenoxy) is 1. The van der Waals surface area contributed by atoms with Gasteiger partial charge in [0.25, 0.3) is 5.56 Å². The van der Waals surface area contributed by atoms with Crippen molar-refractivity contribution in [2.45, 2.75) is 24.1 Å². The first kappa shape index (κ1) is 25.1. The zero-order valence-electron chi connectivity index (χ0n) is 21.1. The molecule has 0 atom stereocenters. The van der Waals surface area contributed by atoms with Crippen molar-refractivity contribution < 1.29 is 4.74 Å². The Labute approximate surface area is 222 Å². The van der Waals surface area contributed by atoms with E-state index in [1.54, 1.807) is 11.8 Å². The predicted molar refractivity (Wildman–Crippen MR) is 151 cm³/mol. The van der Waals surface area contributed by atoms with Crippen LogP contribution in [-0.4, -0.2) is 47.5 Å². The molecule has 0 spiro atoms. The summed E-state index contributed by atoms with van der Waals surface area (Å²) in [6.07, 6.45) is 1.86. The lowest BCUT2D eigenvalue weighted by Gasteiger charge is -2.36. The van der Waals surface area contributed by atoms with E-state index in [1.165, 1.54) is 15.8 Å². The van der Waals surface area contributed by atoms with E-state index >= 15 is 0 Å². The number of anilines is 1. The summed E-state index contributed by atoms with van der Waals surface area (Å²) in [4.78, 5) is 19.2. The van der Waals surface area contributed by atoms with Gasteiger partial charge in [-0.1, -0.05) is 60.7 Å². The van der Waals surface area contributed by atoms with Crippen LogP contribution in [0.1, 0.15) is 18.1 Å². The van der Waals surface area contributed by atoms with Crippen LogP contribution >= 0.6 is 11.8 Å². The van der Waals surface area contributed by atoms with Crippen LogP contribution < -0.4 is 15.2 Å².